The Bertz CT molecular complexity index is 1130. The van der Waals surface area contributed by atoms with Gasteiger partial charge in [-0.1, -0.05) is 30.3 Å². The van der Waals surface area contributed by atoms with Crippen molar-refractivity contribution in [1.82, 2.24) is 9.78 Å². The zero-order chi connectivity index (χ0) is 18.8. The van der Waals surface area contributed by atoms with Crippen LogP contribution in [0, 0.1) is 0 Å². The van der Waals surface area contributed by atoms with Gasteiger partial charge >= 0.3 is 5.97 Å². The highest BCUT2D eigenvalue weighted by molar-refractivity contribution is 5.89. The Hall–Kier alpha value is -3.34. The molecule has 0 aliphatic carbocycles. The van der Waals surface area contributed by atoms with E-state index in [1.54, 1.807) is 14.0 Å². The molecule has 0 atom stereocenters. The van der Waals surface area contributed by atoms with Crippen molar-refractivity contribution < 1.29 is 14.3 Å². The zero-order valence-electron chi connectivity index (χ0n) is 15.3. The van der Waals surface area contributed by atoms with Gasteiger partial charge in [0, 0.05) is 5.39 Å². The number of ether oxygens (including phenoxy) is 2. The zero-order valence-corrected chi connectivity index (χ0v) is 15.3. The molecule has 0 unspecified atom stereocenters. The van der Waals surface area contributed by atoms with Gasteiger partial charge in [-0.2, -0.15) is 5.10 Å². The van der Waals surface area contributed by atoms with Crippen LogP contribution in [0.1, 0.15) is 12.6 Å². The lowest BCUT2D eigenvalue weighted by atomic mass is 10.1. The van der Waals surface area contributed by atoms with Crippen molar-refractivity contribution in [2.45, 2.75) is 13.3 Å². The Morgan fingerprint density at radius 2 is 1.85 bits per heavy atom. The predicted molar refractivity (Wildman–Crippen MR) is 105 cm³/mol. The summed E-state index contributed by atoms with van der Waals surface area (Å²) in [6.07, 6.45) is 0.143. The molecule has 4 rings (SSSR count). The van der Waals surface area contributed by atoms with Crippen LogP contribution in [0.15, 0.2) is 60.7 Å². The molecule has 0 bridgehead atoms. The highest BCUT2D eigenvalue weighted by atomic mass is 16.5. The molecule has 0 saturated heterocycles. The Morgan fingerprint density at radius 3 is 2.63 bits per heavy atom. The van der Waals surface area contributed by atoms with E-state index in [0.717, 1.165) is 38.8 Å². The van der Waals surface area contributed by atoms with Crippen LogP contribution < -0.4 is 4.74 Å². The lowest BCUT2D eigenvalue weighted by molar-refractivity contribution is -0.142. The molecule has 27 heavy (non-hydrogen) atoms. The standard InChI is InChI=1S/C22H20N2O3/c1-3-27-22(25)14-21-19-13-18(26-2)10-11-20(19)23-24(21)17-9-8-15-6-4-5-7-16(15)12-17/h4-13H,3,14H2,1-2H3. The van der Waals surface area contributed by atoms with E-state index in [1.165, 1.54) is 0 Å². The normalized spacial score (nSPS) is 11.0. The number of carbonyl (C=O) groups excluding carboxylic acids is 1. The van der Waals surface area contributed by atoms with E-state index in [1.807, 2.05) is 41.1 Å². The number of nitrogens with zero attached hydrogens (tertiary/aromatic N) is 2. The number of methoxy groups -OCH3 is 1. The molecule has 0 N–H and O–H groups in total. The number of carbonyl (C=O) groups is 1. The molecule has 0 amide bonds. The number of aromatic nitrogens is 2. The van der Waals surface area contributed by atoms with Crippen molar-refractivity contribution in [3.05, 3.63) is 66.4 Å². The molecule has 1 heterocycles. The third-order valence-corrected chi connectivity index (χ3v) is 4.57. The molecule has 0 fully saturated rings. The van der Waals surface area contributed by atoms with Crippen LogP contribution in [0.2, 0.25) is 0 Å². The lowest BCUT2D eigenvalue weighted by Crippen LogP contribution is -2.12. The molecular weight excluding hydrogens is 340 g/mol. The second-order valence-electron chi connectivity index (χ2n) is 6.25. The van der Waals surface area contributed by atoms with E-state index < -0.39 is 0 Å². The second kappa shape index (κ2) is 7.11. The largest absolute Gasteiger partial charge is 0.497 e. The van der Waals surface area contributed by atoms with Crippen LogP contribution in [-0.4, -0.2) is 29.5 Å². The van der Waals surface area contributed by atoms with Gasteiger partial charge in [-0.15, -0.1) is 0 Å². The van der Waals surface area contributed by atoms with Crippen LogP contribution in [0.25, 0.3) is 27.4 Å². The highest BCUT2D eigenvalue weighted by Crippen LogP contribution is 2.28. The molecule has 3 aromatic carbocycles. The average molecular weight is 360 g/mol. The van der Waals surface area contributed by atoms with Gasteiger partial charge in [0.15, 0.2) is 0 Å². The summed E-state index contributed by atoms with van der Waals surface area (Å²) in [7, 11) is 1.62. The Morgan fingerprint density at radius 1 is 1.04 bits per heavy atom. The van der Waals surface area contributed by atoms with E-state index in [4.69, 9.17) is 14.6 Å². The molecular formula is C22H20N2O3. The molecule has 0 spiro atoms. The fraction of sp³-hybridized carbons (Fsp3) is 0.182. The summed E-state index contributed by atoms with van der Waals surface area (Å²) < 4.78 is 12.3. The third kappa shape index (κ3) is 3.24. The fourth-order valence-corrected chi connectivity index (χ4v) is 3.28. The summed E-state index contributed by atoms with van der Waals surface area (Å²) >= 11 is 0. The van der Waals surface area contributed by atoms with Crippen LogP contribution in [0.4, 0.5) is 0 Å². The van der Waals surface area contributed by atoms with Gasteiger partial charge in [0.25, 0.3) is 0 Å². The van der Waals surface area contributed by atoms with Gasteiger partial charge in [0.2, 0.25) is 0 Å². The number of rotatable bonds is 5. The quantitative estimate of drug-likeness (QED) is 0.498. The summed E-state index contributed by atoms with van der Waals surface area (Å²) in [6, 6.07) is 20.0. The average Bonchev–Trinajstić information content (AvgIpc) is 3.05. The van der Waals surface area contributed by atoms with Crippen LogP contribution >= 0.6 is 0 Å². The molecule has 0 radical (unpaired) electrons. The molecule has 0 aliphatic heterocycles. The smallest absolute Gasteiger partial charge is 0.311 e. The van der Waals surface area contributed by atoms with Crippen molar-refractivity contribution in [3.8, 4) is 11.4 Å². The van der Waals surface area contributed by atoms with Crippen molar-refractivity contribution in [1.29, 1.82) is 0 Å². The monoisotopic (exact) mass is 360 g/mol. The first-order chi connectivity index (χ1) is 13.2. The fourth-order valence-electron chi connectivity index (χ4n) is 3.28. The van der Waals surface area contributed by atoms with E-state index in [-0.39, 0.29) is 12.4 Å². The van der Waals surface area contributed by atoms with Gasteiger partial charge in [-0.3, -0.25) is 4.79 Å². The van der Waals surface area contributed by atoms with Crippen LogP contribution in [0.5, 0.6) is 5.75 Å². The maximum atomic E-state index is 12.2. The summed E-state index contributed by atoms with van der Waals surface area (Å²) in [5.41, 5.74) is 2.50. The first kappa shape index (κ1) is 17.1. The Labute approximate surface area is 157 Å². The van der Waals surface area contributed by atoms with E-state index >= 15 is 0 Å². The van der Waals surface area contributed by atoms with E-state index in [9.17, 15) is 4.79 Å². The number of hydrogen-bond donors (Lipinski definition) is 0. The first-order valence-electron chi connectivity index (χ1n) is 8.90. The molecule has 0 saturated carbocycles. The number of hydrogen-bond acceptors (Lipinski definition) is 4. The van der Waals surface area contributed by atoms with Gasteiger partial charge in [-0.25, -0.2) is 4.68 Å². The van der Waals surface area contributed by atoms with Gasteiger partial charge in [0.1, 0.15) is 5.75 Å². The van der Waals surface area contributed by atoms with Crippen molar-refractivity contribution in [3.63, 3.8) is 0 Å². The van der Waals surface area contributed by atoms with Crippen LogP contribution in [-0.2, 0) is 16.0 Å². The summed E-state index contributed by atoms with van der Waals surface area (Å²) in [5.74, 6) is 0.454. The molecule has 5 nitrogen and oxygen atoms in total. The van der Waals surface area contributed by atoms with Gasteiger partial charge in [-0.05, 0) is 48.0 Å². The molecule has 136 valence electrons. The Balaban J connectivity index is 1.90. The third-order valence-electron chi connectivity index (χ3n) is 4.57. The van der Waals surface area contributed by atoms with Crippen LogP contribution in [0.3, 0.4) is 0 Å². The van der Waals surface area contributed by atoms with E-state index in [2.05, 4.69) is 24.3 Å². The number of fused-ring (bicyclic) bond motifs is 2. The van der Waals surface area contributed by atoms with Gasteiger partial charge < -0.3 is 9.47 Å². The number of esters is 1. The summed E-state index contributed by atoms with van der Waals surface area (Å²) in [5, 5.41) is 7.89. The number of benzene rings is 3. The minimum Gasteiger partial charge on any atom is -0.497 e. The molecule has 1 aromatic heterocycles. The topological polar surface area (TPSA) is 53.4 Å². The SMILES string of the molecule is CCOC(=O)Cc1c2cc(OC)ccc2nn1-c1ccc2ccccc2c1. The summed E-state index contributed by atoms with van der Waals surface area (Å²) in [6.45, 7) is 2.16. The highest BCUT2D eigenvalue weighted by Gasteiger charge is 2.17. The maximum Gasteiger partial charge on any atom is 0.311 e. The predicted octanol–water partition coefficient (Wildman–Crippen LogP) is 4.29. The second-order valence-corrected chi connectivity index (χ2v) is 6.25. The minimum absolute atomic E-state index is 0.143. The van der Waals surface area contributed by atoms with Gasteiger partial charge in [0.05, 0.1) is 37.0 Å². The molecule has 5 heteroatoms. The molecule has 4 aromatic rings. The van der Waals surface area contributed by atoms with Crippen molar-refractivity contribution in [2.75, 3.05) is 13.7 Å². The first-order valence-corrected chi connectivity index (χ1v) is 8.90. The Kier molecular flexibility index (Phi) is 4.50. The lowest BCUT2D eigenvalue weighted by Gasteiger charge is -2.09. The minimum atomic E-state index is -0.274. The summed E-state index contributed by atoms with van der Waals surface area (Å²) in [4.78, 5) is 12.2. The maximum absolute atomic E-state index is 12.2. The van der Waals surface area contributed by atoms with Crippen molar-refractivity contribution in [2.24, 2.45) is 0 Å². The van der Waals surface area contributed by atoms with Crippen molar-refractivity contribution >= 4 is 27.6 Å². The van der Waals surface area contributed by atoms with E-state index in [0.29, 0.717) is 6.61 Å². The molecule has 0 aliphatic rings.